The average Bonchev–Trinajstić information content (AvgIpc) is 3.41. The maximum absolute atomic E-state index is 14.6. The van der Waals surface area contributed by atoms with E-state index in [2.05, 4.69) is 25.7 Å². The first-order valence-electron chi connectivity index (χ1n) is 10.5. The molecule has 2 amide bonds. The van der Waals surface area contributed by atoms with Crippen molar-refractivity contribution in [1.82, 2.24) is 19.7 Å². The highest BCUT2D eigenvalue weighted by atomic mass is 35.5. The van der Waals surface area contributed by atoms with Gasteiger partial charge in [0.15, 0.2) is 11.6 Å². The van der Waals surface area contributed by atoms with E-state index in [4.69, 9.17) is 11.6 Å². The molecule has 0 radical (unpaired) electrons. The molecule has 2 heterocycles. The Kier molecular flexibility index (Phi) is 6.09. The van der Waals surface area contributed by atoms with E-state index in [1.165, 1.54) is 41.1 Å². The van der Waals surface area contributed by atoms with E-state index < -0.39 is 23.4 Å². The predicted octanol–water partition coefficient (Wildman–Crippen LogP) is 5.62. The molecule has 3 aromatic carbocycles. The maximum Gasteiger partial charge on any atom is 0.323 e. The number of hydrogen-bond acceptors (Lipinski definition) is 5. The summed E-state index contributed by atoms with van der Waals surface area (Å²) < 4.78 is 29.4. The molecule has 0 aliphatic heterocycles. The van der Waals surface area contributed by atoms with Gasteiger partial charge in [0.2, 0.25) is 0 Å². The number of amides is 2. The molecule has 178 valence electrons. The summed E-state index contributed by atoms with van der Waals surface area (Å²) in [6, 6.07) is 13.0. The molecule has 0 aliphatic carbocycles. The number of anilines is 2. The van der Waals surface area contributed by atoms with Gasteiger partial charge in [-0.05, 0) is 60.7 Å². The van der Waals surface area contributed by atoms with E-state index in [-0.39, 0.29) is 27.5 Å². The van der Waals surface area contributed by atoms with E-state index in [1.807, 2.05) is 0 Å². The van der Waals surface area contributed by atoms with Crippen LogP contribution in [-0.4, -0.2) is 31.6 Å². The minimum atomic E-state index is -0.757. The lowest BCUT2D eigenvalue weighted by molar-refractivity contribution is 0.103. The van der Waals surface area contributed by atoms with Crippen LogP contribution in [0.1, 0.15) is 15.9 Å². The molecule has 11 heteroatoms. The van der Waals surface area contributed by atoms with Crippen LogP contribution < -0.4 is 10.6 Å². The number of urea groups is 1. The van der Waals surface area contributed by atoms with Crippen molar-refractivity contribution >= 4 is 45.8 Å². The minimum absolute atomic E-state index is 0.153. The van der Waals surface area contributed by atoms with Crippen LogP contribution >= 0.6 is 11.6 Å². The minimum Gasteiger partial charge on any atom is -0.308 e. The third-order valence-corrected chi connectivity index (χ3v) is 5.47. The van der Waals surface area contributed by atoms with E-state index in [9.17, 15) is 18.4 Å². The fourth-order valence-electron chi connectivity index (χ4n) is 3.46. The molecule has 0 bridgehead atoms. The summed E-state index contributed by atoms with van der Waals surface area (Å²) in [6.45, 7) is 0. The number of hydrogen-bond donors (Lipinski definition) is 2. The molecule has 0 saturated carbocycles. The molecule has 0 saturated heterocycles. The van der Waals surface area contributed by atoms with Crippen LogP contribution in [0.2, 0.25) is 5.02 Å². The van der Waals surface area contributed by atoms with Gasteiger partial charge in [-0.15, -0.1) is 0 Å². The summed E-state index contributed by atoms with van der Waals surface area (Å²) in [5, 5.41) is 8.96. The van der Waals surface area contributed by atoms with Crippen molar-refractivity contribution in [2.45, 2.75) is 0 Å². The van der Waals surface area contributed by atoms with Crippen molar-refractivity contribution < 1.29 is 18.4 Å². The number of rotatable bonds is 5. The first kappa shape index (κ1) is 23.1. The molecule has 8 nitrogen and oxygen atoms in total. The largest absolute Gasteiger partial charge is 0.323 e. The number of nitrogens with one attached hydrogen (secondary N) is 2. The first-order chi connectivity index (χ1) is 17.4. The zero-order valence-corrected chi connectivity index (χ0v) is 19.0. The van der Waals surface area contributed by atoms with Crippen molar-refractivity contribution in [2.75, 3.05) is 10.6 Å². The molecule has 36 heavy (non-hydrogen) atoms. The second-order valence-corrected chi connectivity index (χ2v) is 8.02. The molecule has 2 N–H and O–H groups in total. The van der Waals surface area contributed by atoms with Gasteiger partial charge in [-0.25, -0.2) is 23.2 Å². The van der Waals surface area contributed by atoms with Gasteiger partial charge in [0.05, 0.1) is 27.8 Å². The Morgan fingerprint density at radius 3 is 2.36 bits per heavy atom. The van der Waals surface area contributed by atoms with Crippen LogP contribution in [0.4, 0.5) is 25.0 Å². The number of ketones is 1. The van der Waals surface area contributed by atoms with E-state index in [0.29, 0.717) is 16.9 Å². The smallest absolute Gasteiger partial charge is 0.308 e. The number of benzene rings is 3. The molecule has 2 aromatic heterocycles. The molecule has 5 aromatic rings. The summed E-state index contributed by atoms with van der Waals surface area (Å²) in [7, 11) is 0. The van der Waals surface area contributed by atoms with E-state index in [1.54, 1.807) is 30.7 Å². The van der Waals surface area contributed by atoms with Crippen LogP contribution in [0.15, 0.2) is 79.3 Å². The predicted molar refractivity (Wildman–Crippen MR) is 131 cm³/mol. The van der Waals surface area contributed by atoms with Crippen molar-refractivity contribution in [3.05, 3.63) is 107 Å². The summed E-state index contributed by atoms with van der Waals surface area (Å²) >= 11 is 5.72. The lowest BCUT2D eigenvalue weighted by Crippen LogP contribution is -2.20. The number of aromatic nitrogens is 4. The third kappa shape index (κ3) is 4.75. The van der Waals surface area contributed by atoms with Crippen LogP contribution in [0.5, 0.6) is 0 Å². The Morgan fingerprint density at radius 2 is 1.64 bits per heavy atom. The Balaban J connectivity index is 1.38. The van der Waals surface area contributed by atoms with Gasteiger partial charge in [-0.2, -0.15) is 5.10 Å². The molecule has 0 unspecified atom stereocenters. The highest BCUT2D eigenvalue weighted by molar-refractivity contribution is 6.31. The van der Waals surface area contributed by atoms with Crippen molar-refractivity contribution in [2.24, 2.45) is 0 Å². The van der Waals surface area contributed by atoms with Crippen LogP contribution in [0.3, 0.4) is 0 Å². The quantitative estimate of drug-likeness (QED) is 0.302. The lowest BCUT2D eigenvalue weighted by atomic mass is 10.0. The van der Waals surface area contributed by atoms with Crippen molar-refractivity contribution in [1.29, 1.82) is 0 Å². The first-order valence-corrected chi connectivity index (χ1v) is 10.9. The zero-order valence-electron chi connectivity index (χ0n) is 18.2. The van der Waals surface area contributed by atoms with Gasteiger partial charge in [0.1, 0.15) is 11.6 Å². The van der Waals surface area contributed by atoms with Gasteiger partial charge < -0.3 is 10.6 Å². The second-order valence-electron chi connectivity index (χ2n) is 7.61. The van der Waals surface area contributed by atoms with Gasteiger partial charge in [-0.1, -0.05) is 11.6 Å². The van der Waals surface area contributed by atoms with Gasteiger partial charge in [-0.3, -0.25) is 9.78 Å². The van der Waals surface area contributed by atoms with Crippen LogP contribution in [-0.2, 0) is 0 Å². The number of nitrogens with zero attached hydrogens (tertiary/aromatic N) is 4. The Bertz CT molecular complexity index is 1630. The lowest BCUT2D eigenvalue weighted by Gasteiger charge is -2.10. The van der Waals surface area contributed by atoms with Gasteiger partial charge >= 0.3 is 6.03 Å². The standard InChI is InChI=1S/C25H15ClF2N6O2/c26-18-12-16(4-6-20(18)28)32-25(36)31-15-3-5-19(27)17(11-15)24(35)14-2-7-21-22(10-14)33-23(13-29-21)34-9-1-8-30-34/h1-13H,(H2,31,32,36). The van der Waals surface area contributed by atoms with E-state index in [0.717, 1.165) is 12.1 Å². The normalized spacial score (nSPS) is 10.9. The molecular formula is C25H15ClF2N6O2. The number of carbonyl (C=O) groups is 2. The number of halogens is 3. The Labute approximate surface area is 207 Å². The van der Waals surface area contributed by atoms with E-state index >= 15 is 0 Å². The summed E-state index contributed by atoms with van der Waals surface area (Å²) in [5.41, 5.74) is 1.36. The Hall–Kier alpha value is -4.70. The average molecular weight is 505 g/mol. The number of fused-ring (bicyclic) bond motifs is 1. The Morgan fingerprint density at radius 1 is 0.889 bits per heavy atom. The second kappa shape index (κ2) is 9.51. The van der Waals surface area contributed by atoms with Crippen LogP contribution in [0.25, 0.3) is 16.9 Å². The van der Waals surface area contributed by atoms with Crippen molar-refractivity contribution in [3.63, 3.8) is 0 Å². The highest BCUT2D eigenvalue weighted by Crippen LogP contribution is 2.22. The molecule has 0 atom stereocenters. The SMILES string of the molecule is O=C(Nc1ccc(F)c(Cl)c1)Nc1ccc(F)c(C(=O)c2ccc3ncc(-n4cccn4)nc3c2)c1. The fourth-order valence-corrected chi connectivity index (χ4v) is 3.64. The molecule has 0 fully saturated rings. The topological polar surface area (TPSA) is 102 Å². The van der Waals surface area contributed by atoms with Gasteiger partial charge in [0, 0.05) is 29.3 Å². The highest BCUT2D eigenvalue weighted by Gasteiger charge is 2.17. The molecule has 0 aliphatic rings. The summed E-state index contributed by atoms with van der Waals surface area (Å²) in [4.78, 5) is 34.3. The van der Waals surface area contributed by atoms with Crippen LogP contribution in [0, 0.1) is 11.6 Å². The zero-order chi connectivity index (χ0) is 25.2. The number of carbonyl (C=O) groups excluding carboxylic acids is 2. The molecule has 5 rings (SSSR count). The summed E-state index contributed by atoms with van der Waals surface area (Å²) in [5.74, 6) is -1.52. The summed E-state index contributed by atoms with van der Waals surface area (Å²) in [6.07, 6.45) is 4.86. The molecular weight excluding hydrogens is 490 g/mol. The molecule has 0 spiro atoms. The van der Waals surface area contributed by atoms with Crippen molar-refractivity contribution in [3.8, 4) is 5.82 Å². The van der Waals surface area contributed by atoms with Gasteiger partial charge in [0.25, 0.3) is 0 Å². The maximum atomic E-state index is 14.6. The fraction of sp³-hybridized carbons (Fsp3) is 0. The third-order valence-electron chi connectivity index (χ3n) is 5.18. The monoisotopic (exact) mass is 504 g/mol.